The van der Waals surface area contributed by atoms with Crippen molar-refractivity contribution in [1.29, 1.82) is 0 Å². The SMILES string of the molecule is c1cnc2c(c1)nc(C1CCCNC1)n2C1CCCCO1. The summed E-state index contributed by atoms with van der Waals surface area (Å²) in [6.07, 6.45) is 7.82. The molecule has 0 bridgehead atoms. The standard InChI is InChI=1S/C16H22N4O/c1-2-10-21-14(7-1)20-15(12-5-3-8-17-11-12)19-13-6-4-9-18-16(13)20/h4,6,9,12,14,17H,1-3,5,7-8,10-11H2. The maximum Gasteiger partial charge on any atom is 0.162 e. The number of hydrogen-bond donors (Lipinski definition) is 1. The number of fused-ring (bicyclic) bond motifs is 1. The van der Waals surface area contributed by atoms with Gasteiger partial charge in [-0.1, -0.05) is 0 Å². The zero-order valence-electron chi connectivity index (χ0n) is 12.3. The molecule has 0 saturated carbocycles. The number of imidazole rings is 1. The maximum absolute atomic E-state index is 6.02. The van der Waals surface area contributed by atoms with Crippen LogP contribution < -0.4 is 5.32 Å². The van der Waals surface area contributed by atoms with Crippen LogP contribution in [0.5, 0.6) is 0 Å². The Morgan fingerprint density at radius 3 is 3.05 bits per heavy atom. The van der Waals surface area contributed by atoms with Gasteiger partial charge < -0.3 is 10.1 Å². The average Bonchev–Trinajstić information content (AvgIpc) is 2.96. The highest BCUT2D eigenvalue weighted by molar-refractivity contribution is 5.71. The lowest BCUT2D eigenvalue weighted by Gasteiger charge is -2.29. The quantitative estimate of drug-likeness (QED) is 0.922. The molecule has 0 spiro atoms. The van der Waals surface area contributed by atoms with Crippen LogP contribution in [0.3, 0.4) is 0 Å². The molecule has 0 aliphatic carbocycles. The van der Waals surface area contributed by atoms with Crippen LogP contribution in [-0.2, 0) is 4.74 Å². The third kappa shape index (κ3) is 2.45. The monoisotopic (exact) mass is 286 g/mol. The molecule has 2 aliphatic heterocycles. The van der Waals surface area contributed by atoms with Gasteiger partial charge in [-0.15, -0.1) is 0 Å². The molecular formula is C16H22N4O. The van der Waals surface area contributed by atoms with Gasteiger partial charge in [0.15, 0.2) is 5.65 Å². The molecule has 0 amide bonds. The van der Waals surface area contributed by atoms with Gasteiger partial charge in [0.1, 0.15) is 17.6 Å². The minimum atomic E-state index is 0.107. The summed E-state index contributed by atoms with van der Waals surface area (Å²) in [4.78, 5) is 9.46. The van der Waals surface area contributed by atoms with Crippen molar-refractivity contribution in [2.75, 3.05) is 19.7 Å². The largest absolute Gasteiger partial charge is 0.358 e. The molecule has 4 rings (SSSR count). The van der Waals surface area contributed by atoms with Crippen LogP contribution in [0.1, 0.15) is 50.1 Å². The first kappa shape index (κ1) is 13.2. The van der Waals surface area contributed by atoms with Gasteiger partial charge in [0.05, 0.1) is 0 Å². The van der Waals surface area contributed by atoms with E-state index in [2.05, 4.69) is 20.9 Å². The first-order valence-electron chi connectivity index (χ1n) is 8.08. The summed E-state index contributed by atoms with van der Waals surface area (Å²) in [5.74, 6) is 1.63. The molecule has 21 heavy (non-hydrogen) atoms. The fraction of sp³-hybridized carbons (Fsp3) is 0.625. The van der Waals surface area contributed by atoms with E-state index < -0.39 is 0 Å². The number of nitrogens with zero attached hydrogens (tertiary/aromatic N) is 3. The van der Waals surface area contributed by atoms with Crippen LogP contribution in [0.15, 0.2) is 18.3 Å². The number of aromatic nitrogens is 3. The van der Waals surface area contributed by atoms with Gasteiger partial charge in [-0.2, -0.15) is 0 Å². The lowest BCUT2D eigenvalue weighted by Crippen LogP contribution is -2.31. The van der Waals surface area contributed by atoms with Gasteiger partial charge in [-0.05, 0) is 50.8 Å². The lowest BCUT2D eigenvalue weighted by molar-refractivity contribution is -0.0320. The van der Waals surface area contributed by atoms with E-state index in [1.165, 1.54) is 19.3 Å². The summed E-state index contributed by atoms with van der Waals surface area (Å²) in [7, 11) is 0. The Kier molecular flexibility index (Phi) is 3.61. The zero-order valence-corrected chi connectivity index (χ0v) is 12.3. The summed E-state index contributed by atoms with van der Waals surface area (Å²) in [6, 6.07) is 4.02. The molecule has 5 nitrogen and oxygen atoms in total. The van der Waals surface area contributed by atoms with Gasteiger partial charge in [-0.25, -0.2) is 9.97 Å². The molecule has 4 heterocycles. The van der Waals surface area contributed by atoms with E-state index in [4.69, 9.17) is 9.72 Å². The third-order valence-corrected chi connectivity index (χ3v) is 4.58. The van der Waals surface area contributed by atoms with Crippen molar-refractivity contribution in [3.8, 4) is 0 Å². The van der Waals surface area contributed by atoms with Crippen molar-refractivity contribution in [2.45, 2.75) is 44.2 Å². The molecule has 2 saturated heterocycles. The number of hydrogen-bond acceptors (Lipinski definition) is 4. The highest BCUT2D eigenvalue weighted by Crippen LogP contribution is 2.32. The van der Waals surface area contributed by atoms with Gasteiger partial charge in [0, 0.05) is 25.3 Å². The fourth-order valence-corrected chi connectivity index (χ4v) is 3.52. The fourth-order valence-electron chi connectivity index (χ4n) is 3.52. The van der Waals surface area contributed by atoms with Crippen molar-refractivity contribution < 1.29 is 4.74 Å². The molecule has 2 aliphatic rings. The molecule has 2 unspecified atom stereocenters. The second-order valence-electron chi connectivity index (χ2n) is 6.05. The van der Waals surface area contributed by atoms with E-state index in [0.717, 1.165) is 49.5 Å². The molecule has 2 aromatic rings. The number of rotatable bonds is 2. The van der Waals surface area contributed by atoms with Crippen molar-refractivity contribution in [2.24, 2.45) is 0 Å². The molecule has 112 valence electrons. The van der Waals surface area contributed by atoms with E-state index in [0.29, 0.717) is 5.92 Å². The highest BCUT2D eigenvalue weighted by atomic mass is 16.5. The Bertz CT molecular complexity index is 612. The zero-order chi connectivity index (χ0) is 14.1. The van der Waals surface area contributed by atoms with Crippen LogP contribution in [0.2, 0.25) is 0 Å². The summed E-state index contributed by atoms with van der Waals surface area (Å²) in [5.41, 5.74) is 1.97. The molecule has 0 aromatic carbocycles. The lowest BCUT2D eigenvalue weighted by atomic mass is 9.98. The van der Waals surface area contributed by atoms with Crippen LogP contribution in [0.25, 0.3) is 11.2 Å². The molecular weight excluding hydrogens is 264 g/mol. The summed E-state index contributed by atoms with van der Waals surface area (Å²) >= 11 is 0. The van der Waals surface area contributed by atoms with Gasteiger partial charge in [-0.3, -0.25) is 4.57 Å². The average molecular weight is 286 g/mol. The smallest absolute Gasteiger partial charge is 0.162 e. The first-order chi connectivity index (χ1) is 10.4. The Morgan fingerprint density at radius 1 is 1.24 bits per heavy atom. The topological polar surface area (TPSA) is 52.0 Å². The predicted octanol–water partition coefficient (Wildman–Crippen LogP) is 2.60. The van der Waals surface area contributed by atoms with Crippen molar-refractivity contribution in [3.05, 3.63) is 24.2 Å². The van der Waals surface area contributed by atoms with Gasteiger partial charge in [0.25, 0.3) is 0 Å². The molecule has 1 N–H and O–H groups in total. The van der Waals surface area contributed by atoms with Crippen LogP contribution in [-0.4, -0.2) is 34.2 Å². The number of piperidine rings is 1. The highest BCUT2D eigenvalue weighted by Gasteiger charge is 2.27. The molecule has 2 fully saturated rings. The second-order valence-corrected chi connectivity index (χ2v) is 6.05. The Morgan fingerprint density at radius 2 is 2.24 bits per heavy atom. The summed E-state index contributed by atoms with van der Waals surface area (Å²) < 4.78 is 8.29. The summed E-state index contributed by atoms with van der Waals surface area (Å²) in [5, 5.41) is 3.49. The molecule has 2 aromatic heterocycles. The molecule has 5 heteroatoms. The molecule has 0 radical (unpaired) electrons. The van der Waals surface area contributed by atoms with E-state index in [-0.39, 0.29) is 6.23 Å². The normalized spacial score (nSPS) is 27.0. The van der Waals surface area contributed by atoms with Crippen LogP contribution in [0.4, 0.5) is 0 Å². The van der Waals surface area contributed by atoms with E-state index in [9.17, 15) is 0 Å². The third-order valence-electron chi connectivity index (χ3n) is 4.58. The van der Waals surface area contributed by atoms with Crippen molar-refractivity contribution >= 4 is 11.2 Å². The minimum Gasteiger partial charge on any atom is -0.358 e. The number of pyridine rings is 1. The number of nitrogens with one attached hydrogen (secondary N) is 1. The summed E-state index contributed by atoms with van der Waals surface area (Å²) in [6.45, 7) is 2.98. The van der Waals surface area contributed by atoms with Crippen LogP contribution in [0, 0.1) is 0 Å². The predicted molar refractivity (Wildman–Crippen MR) is 81.2 cm³/mol. The molecule has 2 atom stereocenters. The second kappa shape index (κ2) is 5.73. The van der Waals surface area contributed by atoms with E-state index >= 15 is 0 Å². The maximum atomic E-state index is 6.02. The minimum absolute atomic E-state index is 0.107. The van der Waals surface area contributed by atoms with Gasteiger partial charge >= 0.3 is 0 Å². The van der Waals surface area contributed by atoms with Crippen LogP contribution >= 0.6 is 0 Å². The van der Waals surface area contributed by atoms with E-state index in [1.54, 1.807) is 0 Å². The Labute approximate surface area is 124 Å². The van der Waals surface area contributed by atoms with E-state index in [1.807, 2.05) is 12.3 Å². The van der Waals surface area contributed by atoms with Crippen molar-refractivity contribution in [1.82, 2.24) is 19.9 Å². The number of ether oxygens (including phenoxy) is 1. The van der Waals surface area contributed by atoms with Crippen molar-refractivity contribution in [3.63, 3.8) is 0 Å². The van der Waals surface area contributed by atoms with Gasteiger partial charge in [0.2, 0.25) is 0 Å². The Balaban J connectivity index is 1.79. The first-order valence-corrected chi connectivity index (χ1v) is 8.08. The Hall–Kier alpha value is -1.46.